The second kappa shape index (κ2) is 47.4. The first kappa shape index (κ1) is 57.3. The molecule has 0 heterocycles. The van der Waals surface area contributed by atoms with Crippen molar-refractivity contribution in [1.82, 2.24) is 5.32 Å². The van der Waals surface area contributed by atoms with E-state index in [9.17, 15) is 19.8 Å². The zero-order valence-electron chi connectivity index (χ0n) is 39.3. The Balaban J connectivity index is 4.74. The van der Waals surface area contributed by atoms with Crippen LogP contribution in [0.5, 0.6) is 0 Å². The fourth-order valence-corrected chi connectivity index (χ4v) is 7.21. The highest BCUT2D eigenvalue weighted by molar-refractivity contribution is 5.77. The summed E-state index contributed by atoms with van der Waals surface area (Å²) in [5, 5.41) is 23.7. The lowest BCUT2D eigenvalue weighted by molar-refractivity contribution is -0.150. The van der Waals surface area contributed by atoms with Crippen molar-refractivity contribution in [3.63, 3.8) is 0 Å². The van der Waals surface area contributed by atoms with Crippen LogP contribution in [0.2, 0.25) is 0 Å². The lowest BCUT2D eigenvalue weighted by Crippen LogP contribution is -2.46. The van der Waals surface area contributed by atoms with Crippen molar-refractivity contribution in [2.24, 2.45) is 0 Å². The van der Waals surface area contributed by atoms with Crippen molar-refractivity contribution in [1.29, 1.82) is 0 Å². The number of nitrogens with one attached hydrogen (secondary N) is 1. The Bertz CT molecular complexity index is 1120. The third kappa shape index (κ3) is 42.0. The van der Waals surface area contributed by atoms with Crippen LogP contribution >= 0.6 is 0 Å². The molecule has 3 atom stereocenters. The predicted molar refractivity (Wildman–Crippen MR) is 259 cm³/mol. The lowest BCUT2D eigenvalue weighted by atomic mass is 10.0. The van der Waals surface area contributed by atoms with Crippen molar-refractivity contribution < 1.29 is 24.5 Å². The summed E-state index contributed by atoms with van der Waals surface area (Å²) in [5.74, 6) is -0.587. The summed E-state index contributed by atoms with van der Waals surface area (Å²) in [5.41, 5.74) is 0. The molecule has 6 heteroatoms. The molecule has 0 aliphatic carbocycles. The minimum absolute atomic E-state index is 0.00420. The number of esters is 1. The molecule has 0 aromatic rings. The highest BCUT2D eigenvalue weighted by Crippen LogP contribution is 2.16. The van der Waals surface area contributed by atoms with E-state index in [1.54, 1.807) is 0 Å². The number of aliphatic hydroxyl groups excluding tert-OH is 2. The van der Waals surface area contributed by atoms with Crippen LogP contribution in [0.4, 0.5) is 0 Å². The molecule has 6 nitrogen and oxygen atoms in total. The summed E-state index contributed by atoms with van der Waals surface area (Å²) < 4.78 is 5.86. The van der Waals surface area contributed by atoms with Crippen molar-refractivity contribution in [2.45, 2.75) is 251 Å². The maximum absolute atomic E-state index is 13.2. The molecule has 0 saturated heterocycles. The molecule has 346 valence electrons. The van der Waals surface area contributed by atoms with Gasteiger partial charge >= 0.3 is 5.97 Å². The van der Waals surface area contributed by atoms with Gasteiger partial charge in [-0.3, -0.25) is 9.59 Å². The van der Waals surface area contributed by atoms with E-state index in [0.29, 0.717) is 19.3 Å². The average molecular weight is 838 g/mol. The highest BCUT2D eigenvalue weighted by Gasteiger charge is 2.23. The van der Waals surface area contributed by atoms with Gasteiger partial charge in [-0.05, 0) is 70.6 Å². The number of rotatable bonds is 44. The van der Waals surface area contributed by atoms with Crippen molar-refractivity contribution >= 4 is 11.9 Å². The molecule has 0 bridgehead atoms. The third-order valence-corrected chi connectivity index (χ3v) is 11.0. The van der Waals surface area contributed by atoms with Crippen LogP contribution in [0.3, 0.4) is 0 Å². The van der Waals surface area contributed by atoms with E-state index in [1.807, 2.05) is 12.2 Å². The molecular weight excluding hydrogens is 743 g/mol. The molecule has 0 aromatic heterocycles. The lowest BCUT2D eigenvalue weighted by Gasteiger charge is -2.24. The molecule has 0 saturated carbocycles. The van der Waals surface area contributed by atoms with E-state index < -0.39 is 18.2 Å². The zero-order chi connectivity index (χ0) is 43.8. The topological polar surface area (TPSA) is 95.9 Å². The summed E-state index contributed by atoms with van der Waals surface area (Å²) in [6, 6.07) is -0.734. The number of carbonyl (C=O) groups is 2. The second-order valence-electron chi connectivity index (χ2n) is 16.8. The number of ether oxygens (including phenoxy) is 1. The first-order chi connectivity index (χ1) is 29.5. The fourth-order valence-electron chi connectivity index (χ4n) is 7.21. The molecule has 0 aromatic carbocycles. The van der Waals surface area contributed by atoms with Crippen LogP contribution in [0.1, 0.15) is 233 Å². The summed E-state index contributed by atoms with van der Waals surface area (Å²) in [6.45, 7) is 6.31. The average Bonchev–Trinajstić information content (AvgIpc) is 3.24. The van der Waals surface area contributed by atoms with Gasteiger partial charge in [-0.1, -0.05) is 216 Å². The Morgan fingerprint density at radius 1 is 0.517 bits per heavy atom. The van der Waals surface area contributed by atoms with Gasteiger partial charge in [-0.25, -0.2) is 0 Å². The molecule has 0 radical (unpaired) electrons. The number of amides is 1. The van der Waals surface area contributed by atoms with Gasteiger partial charge in [0, 0.05) is 12.8 Å². The quantitative estimate of drug-likeness (QED) is 0.0323. The van der Waals surface area contributed by atoms with Gasteiger partial charge in [0.2, 0.25) is 5.91 Å². The highest BCUT2D eigenvalue weighted by atomic mass is 16.5. The van der Waals surface area contributed by atoms with Crippen molar-refractivity contribution in [3.8, 4) is 0 Å². The molecule has 0 fully saturated rings. The largest absolute Gasteiger partial charge is 0.461 e. The van der Waals surface area contributed by atoms with Crippen molar-refractivity contribution in [3.05, 3.63) is 72.9 Å². The van der Waals surface area contributed by atoms with Crippen molar-refractivity contribution in [2.75, 3.05) is 6.61 Å². The third-order valence-electron chi connectivity index (χ3n) is 11.0. The monoisotopic (exact) mass is 838 g/mol. The predicted octanol–water partition coefficient (Wildman–Crippen LogP) is 15.0. The van der Waals surface area contributed by atoms with Gasteiger partial charge in [0.05, 0.1) is 25.2 Å². The molecule has 1 amide bonds. The maximum atomic E-state index is 13.2. The molecule has 3 unspecified atom stereocenters. The zero-order valence-corrected chi connectivity index (χ0v) is 39.3. The second-order valence-corrected chi connectivity index (χ2v) is 16.8. The molecule has 0 rings (SSSR count). The number of allylic oxidation sites excluding steroid dienone is 11. The van der Waals surface area contributed by atoms with Crippen LogP contribution in [-0.2, 0) is 14.3 Å². The van der Waals surface area contributed by atoms with E-state index in [4.69, 9.17) is 4.74 Å². The van der Waals surface area contributed by atoms with Crippen LogP contribution in [0.15, 0.2) is 72.9 Å². The summed E-state index contributed by atoms with van der Waals surface area (Å²) in [4.78, 5) is 26.1. The van der Waals surface area contributed by atoms with Gasteiger partial charge in [-0.15, -0.1) is 0 Å². The minimum atomic E-state index is -0.813. The first-order valence-corrected chi connectivity index (χ1v) is 25.2. The summed E-state index contributed by atoms with van der Waals surface area (Å²) in [7, 11) is 0. The minimum Gasteiger partial charge on any atom is -0.461 e. The number of hydrogen-bond donors (Lipinski definition) is 3. The maximum Gasteiger partial charge on any atom is 0.306 e. The van der Waals surface area contributed by atoms with E-state index in [0.717, 1.165) is 70.6 Å². The van der Waals surface area contributed by atoms with Gasteiger partial charge in [0.1, 0.15) is 6.10 Å². The van der Waals surface area contributed by atoms with Gasteiger partial charge in [-0.2, -0.15) is 0 Å². The summed E-state index contributed by atoms with van der Waals surface area (Å²) in [6.07, 6.45) is 59.7. The number of unbranched alkanes of at least 4 members (excludes halogenated alkanes) is 21. The van der Waals surface area contributed by atoms with Crippen LogP contribution < -0.4 is 5.32 Å². The first-order valence-electron chi connectivity index (χ1n) is 25.2. The van der Waals surface area contributed by atoms with Gasteiger partial charge in [0.25, 0.3) is 0 Å². The van der Waals surface area contributed by atoms with Gasteiger partial charge < -0.3 is 20.3 Å². The molecule has 0 aliphatic heterocycles. The normalized spacial score (nSPS) is 13.9. The number of hydrogen-bond acceptors (Lipinski definition) is 5. The van der Waals surface area contributed by atoms with E-state index >= 15 is 0 Å². The van der Waals surface area contributed by atoms with E-state index in [-0.39, 0.29) is 24.9 Å². The van der Waals surface area contributed by atoms with Crippen LogP contribution in [0, 0.1) is 0 Å². The van der Waals surface area contributed by atoms with Crippen LogP contribution in [-0.4, -0.2) is 46.9 Å². The molecular formula is C54H95NO5. The van der Waals surface area contributed by atoms with E-state index in [1.165, 1.54) is 116 Å². The molecule has 60 heavy (non-hydrogen) atoms. The molecule has 0 aliphatic rings. The van der Waals surface area contributed by atoms with Gasteiger partial charge in [0.15, 0.2) is 0 Å². The summed E-state index contributed by atoms with van der Waals surface area (Å²) >= 11 is 0. The Morgan fingerprint density at radius 2 is 0.933 bits per heavy atom. The molecule has 3 N–H and O–H groups in total. The molecule has 0 spiro atoms. The fraction of sp³-hybridized carbons (Fsp3) is 0.741. The number of carbonyl (C=O) groups excluding carboxylic acids is 2. The number of aliphatic hydroxyl groups is 2. The Morgan fingerprint density at radius 3 is 1.42 bits per heavy atom. The van der Waals surface area contributed by atoms with Crippen LogP contribution in [0.25, 0.3) is 0 Å². The smallest absolute Gasteiger partial charge is 0.306 e. The SMILES string of the molecule is CC/C=C\C/C=C\C/C=C\C/C=C\C/C=C\CC(CC(=O)NC(CO)C(O)CCCCCCCCCCCCC)OC(=O)CCCCCCCCC/C=C\CCCCCC. The Kier molecular flexibility index (Phi) is 45.2. The van der Waals surface area contributed by atoms with E-state index in [2.05, 4.69) is 86.8 Å². The standard InChI is InChI=1S/C54H95NO5/c1-4-7-10-13-16-19-22-24-26-28-31-33-36-39-42-45-50(60-54(59)47-44-41-38-35-32-29-27-25-23-20-17-14-11-8-5-2)48-53(58)55-51(49-56)52(57)46-43-40-37-34-30-21-18-15-12-9-6-3/h7,10,16,19-20,23-24,26,31,33,39,42,50-52,56-57H,4-6,8-9,11-15,17-18,21-22,25,27-30,32,34-38,40-41,43-49H2,1-3H3,(H,55,58)/b10-7-,19-16-,23-20-,26-24-,33-31-,42-39-. The Hall–Kier alpha value is -2.70. The Labute approximate surface area is 371 Å².